The molecule has 0 amide bonds. The summed E-state index contributed by atoms with van der Waals surface area (Å²) < 4.78 is 32.1. The van der Waals surface area contributed by atoms with Gasteiger partial charge in [-0.2, -0.15) is 0 Å². The lowest BCUT2D eigenvalue weighted by Gasteiger charge is -2.12. The number of sulfonamides is 1. The zero-order valence-corrected chi connectivity index (χ0v) is 12.2. The van der Waals surface area contributed by atoms with Gasteiger partial charge < -0.3 is 10.5 Å². The monoisotopic (exact) mass is 304 g/mol. The Balaban J connectivity index is 2.16. The summed E-state index contributed by atoms with van der Waals surface area (Å²) in [7, 11) is -3.64. The van der Waals surface area contributed by atoms with E-state index in [0.29, 0.717) is 25.4 Å². The Morgan fingerprint density at radius 2 is 2.26 bits per heavy atom. The van der Waals surface area contributed by atoms with Crippen molar-refractivity contribution in [2.45, 2.75) is 18.2 Å². The number of rotatable bonds is 4. The Bertz CT molecular complexity index is 569. The van der Waals surface area contributed by atoms with Gasteiger partial charge in [0, 0.05) is 18.8 Å². The van der Waals surface area contributed by atoms with Gasteiger partial charge in [-0.25, -0.2) is 13.1 Å². The van der Waals surface area contributed by atoms with Gasteiger partial charge in [0.25, 0.3) is 0 Å². The maximum absolute atomic E-state index is 12.2. The Morgan fingerprint density at radius 1 is 1.53 bits per heavy atom. The molecule has 0 bridgehead atoms. The molecule has 2 rings (SSSR count). The molecular weight excluding hydrogens is 288 g/mol. The molecule has 1 aromatic rings. The van der Waals surface area contributed by atoms with Gasteiger partial charge in [-0.15, -0.1) is 0 Å². The normalized spacial score (nSPS) is 19.8. The highest BCUT2D eigenvalue weighted by atomic mass is 35.5. The second-order valence-electron chi connectivity index (χ2n) is 4.72. The first-order valence-electron chi connectivity index (χ1n) is 6.03. The Hall–Kier alpha value is -0.820. The third kappa shape index (κ3) is 3.39. The van der Waals surface area contributed by atoms with Crippen molar-refractivity contribution < 1.29 is 13.2 Å². The van der Waals surface area contributed by atoms with Gasteiger partial charge >= 0.3 is 0 Å². The largest absolute Gasteiger partial charge is 0.398 e. The topological polar surface area (TPSA) is 81.4 Å². The molecular formula is C12H17ClN2O3S. The summed E-state index contributed by atoms with van der Waals surface area (Å²) in [5, 5.41) is 0.182. The van der Waals surface area contributed by atoms with Crippen molar-refractivity contribution >= 4 is 27.3 Å². The van der Waals surface area contributed by atoms with Crippen LogP contribution in [-0.4, -0.2) is 28.2 Å². The van der Waals surface area contributed by atoms with E-state index in [1.165, 1.54) is 6.07 Å². The number of halogens is 1. The molecule has 3 N–H and O–H groups in total. The molecule has 0 aliphatic carbocycles. The molecule has 1 fully saturated rings. The van der Waals surface area contributed by atoms with Crippen molar-refractivity contribution in [3.63, 3.8) is 0 Å². The molecule has 0 aromatic heterocycles. The Morgan fingerprint density at radius 3 is 2.89 bits per heavy atom. The van der Waals surface area contributed by atoms with E-state index >= 15 is 0 Å². The molecule has 1 aliphatic heterocycles. The predicted molar refractivity (Wildman–Crippen MR) is 74.7 cm³/mol. The number of benzene rings is 1. The van der Waals surface area contributed by atoms with Gasteiger partial charge in [0.05, 0.1) is 11.6 Å². The van der Waals surface area contributed by atoms with Crippen LogP contribution in [0.3, 0.4) is 0 Å². The zero-order chi connectivity index (χ0) is 14.0. The van der Waals surface area contributed by atoms with E-state index in [0.717, 1.165) is 12.0 Å². The van der Waals surface area contributed by atoms with Crippen LogP contribution in [0.1, 0.15) is 12.0 Å². The van der Waals surface area contributed by atoms with Crippen LogP contribution in [0.15, 0.2) is 17.0 Å². The summed E-state index contributed by atoms with van der Waals surface area (Å²) in [6.45, 7) is 3.41. The van der Waals surface area contributed by atoms with Crippen molar-refractivity contribution in [1.82, 2.24) is 4.72 Å². The fourth-order valence-corrected chi connectivity index (χ4v) is 3.66. The van der Waals surface area contributed by atoms with E-state index < -0.39 is 10.0 Å². The molecule has 1 saturated heterocycles. The van der Waals surface area contributed by atoms with Crippen LogP contribution in [0.25, 0.3) is 0 Å². The highest BCUT2D eigenvalue weighted by Crippen LogP contribution is 2.26. The van der Waals surface area contributed by atoms with Gasteiger partial charge in [-0.1, -0.05) is 11.6 Å². The molecule has 106 valence electrons. The molecule has 1 aliphatic rings. The number of ether oxygens (including phenoxy) is 1. The Kier molecular flexibility index (Phi) is 4.35. The van der Waals surface area contributed by atoms with E-state index in [9.17, 15) is 8.42 Å². The SMILES string of the molecule is Cc1cc(Cl)c(S(=O)(=O)NCC2CCOC2)cc1N. The molecule has 0 saturated carbocycles. The summed E-state index contributed by atoms with van der Waals surface area (Å²) in [4.78, 5) is 0.0242. The predicted octanol–water partition coefficient (Wildman–Crippen LogP) is 1.55. The summed E-state index contributed by atoms with van der Waals surface area (Å²) in [6.07, 6.45) is 0.867. The van der Waals surface area contributed by atoms with Crippen molar-refractivity contribution in [3.8, 4) is 0 Å². The van der Waals surface area contributed by atoms with Crippen molar-refractivity contribution in [3.05, 3.63) is 22.7 Å². The first-order valence-corrected chi connectivity index (χ1v) is 7.89. The molecule has 0 radical (unpaired) electrons. The number of nitrogen functional groups attached to an aromatic ring is 1. The summed E-state index contributed by atoms with van der Waals surface area (Å²) in [5.74, 6) is 0.219. The second-order valence-corrected chi connectivity index (χ2v) is 6.86. The minimum absolute atomic E-state index is 0.0242. The van der Waals surface area contributed by atoms with Crippen molar-refractivity contribution in [2.75, 3.05) is 25.5 Å². The lowest BCUT2D eigenvalue weighted by molar-refractivity contribution is 0.186. The van der Waals surface area contributed by atoms with Crippen LogP contribution in [0, 0.1) is 12.8 Å². The highest BCUT2D eigenvalue weighted by molar-refractivity contribution is 7.89. The van der Waals surface area contributed by atoms with Crippen LogP contribution in [0.5, 0.6) is 0 Å². The summed E-state index contributed by atoms with van der Waals surface area (Å²) in [5.41, 5.74) is 6.90. The van der Waals surface area contributed by atoms with Crippen LogP contribution in [-0.2, 0) is 14.8 Å². The fourth-order valence-electron chi connectivity index (χ4n) is 1.92. The number of hydrogen-bond acceptors (Lipinski definition) is 4. The van der Waals surface area contributed by atoms with Gasteiger partial charge in [-0.3, -0.25) is 0 Å². The molecule has 7 heteroatoms. The number of nitrogens with two attached hydrogens (primary N) is 1. The van der Waals surface area contributed by atoms with E-state index in [4.69, 9.17) is 22.1 Å². The molecule has 1 heterocycles. The lowest BCUT2D eigenvalue weighted by Crippen LogP contribution is -2.30. The highest BCUT2D eigenvalue weighted by Gasteiger charge is 2.22. The standard InChI is InChI=1S/C12H17ClN2O3S/c1-8-4-10(13)12(5-11(8)14)19(16,17)15-6-9-2-3-18-7-9/h4-5,9,15H,2-3,6-7,14H2,1H3. The smallest absolute Gasteiger partial charge is 0.242 e. The molecule has 1 aromatic carbocycles. The number of aryl methyl sites for hydroxylation is 1. The van der Waals surface area contributed by atoms with Gasteiger partial charge in [0.1, 0.15) is 4.90 Å². The van der Waals surface area contributed by atoms with E-state index in [2.05, 4.69) is 4.72 Å². The summed E-state index contributed by atoms with van der Waals surface area (Å²) >= 11 is 5.98. The molecule has 1 atom stereocenters. The third-order valence-corrected chi connectivity index (χ3v) is 5.08. The van der Waals surface area contributed by atoms with Crippen LogP contribution >= 0.6 is 11.6 Å². The number of nitrogens with one attached hydrogen (secondary N) is 1. The van der Waals surface area contributed by atoms with Gasteiger partial charge in [0.2, 0.25) is 10.0 Å². The van der Waals surface area contributed by atoms with Gasteiger partial charge in [-0.05, 0) is 37.0 Å². The molecule has 0 spiro atoms. The Labute approximate surface area is 118 Å². The van der Waals surface area contributed by atoms with Gasteiger partial charge in [0.15, 0.2) is 0 Å². The van der Waals surface area contributed by atoms with Crippen LogP contribution in [0.4, 0.5) is 5.69 Å². The maximum atomic E-state index is 12.2. The molecule has 1 unspecified atom stereocenters. The van der Waals surface area contributed by atoms with Crippen molar-refractivity contribution in [2.24, 2.45) is 5.92 Å². The first-order chi connectivity index (χ1) is 8.90. The van der Waals surface area contributed by atoms with E-state index in [1.54, 1.807) is 13.0 Å². The average molecular weight is 305 g/mol. The average Bonchev–Trinajstić information content (AvgIpc) is 2.84. The number of anilines is 1. The minimum Gasteiger partial charge on any atom is -0.398 e. The van der Waals surface area contributed by atoms with Crippen LogP contribution < -0.4 is 10.5 Å². The zero-order valence-electron chi connectivity index (χ0n) is 10.6. The van der Waals surface area contributed by atoms with Crippen LogP contribution in [0.2, 0.25) is 5.02 Å². The quantitative estimate of drug-likeness (QED) is 0.827. The molecule has 5 nitrogen and oxygen atoms in total. The molecule has 19 heavy (non-hydrogen) atoms. The van der Waals surface area contributed by atoms with E-state index in [-0.39, 0.29) is 15.8 Å². The summed E-state index contributed by atoms with van der Waals surface area (Å²) in [6, 6.07) is 2.95. The minimum atomic E-state index is -3.64. The second kappa shape index (κ2) is 5.66. The van der Waals surface area contributed by atoms with Crippen molar-refractivity contribution in [1.29, 1.82) is 0 Å². The lowest BCUT2D eigenvalue weighted by atomic mass is 10.1. The maximum Gasteiger partial charge on any atom is 0.242 e. The van der Waals surface area contributed by atoms with E-state index in [1.807, 2.05) is 0 Å². The number of hydrogen-bond donors (Lipinski definition) is 2. The third-order valence-electron chi connectivity index (χ3n) is 3.20. The first kappa shape index (κ1) is 14.6. The fraction of sp³-hybridized carbons (Fsp3) is 0.500.